The number of carbonyl (C=O) groups is 1. The molecular formula is C25H30O3. The van der Waals surface area contributed by atoms with Crippen LogP contribution in [0.1, 0.15) is 73.5 Å². The number of aliphatic hydroxyl groups is 2. The maximum absolute atomic E-state index is 11.8. The minimum Gasteiger partial charge on any atom is -0.387 e. The molecule has 2 aromatic rings. The highest BCUT2D eigenvalue weighted by atomic mass is 16.4. The molecule has 2 N–H and O–H groups in total. The van der Waals surface area contributed by atoms with Crippen molar-refractivity contribution in [2.75, 3.05) is 0 Å². The van der Waals surface area contributed by atoms with Gasteiger partial charge < -0.3 is 10.2 Å². The van der Waals surface area contributed by atoms with Crippen molar-refractivity contribution in [3.63, 3.8) is 0 Å². The summed E-state index contributed by atoms with van der Waals surface area (Å²) in [4.78, 5) is 11.8. The van der Waals surface area contributed by atoms with E-state index in [4.69, 9.17) is 0 Å². The molecule has 0 aromatic heterocycles. The fourth-order valence-corrected chi connectivity index (χ4v) is 5.95. The summed E-state index contributed by atoms with van der Waals surface area (Å²) in [6.45, 7) is 5.57. The summed E-state index contributed by atoms with van der Waals surface area (Å²) in [5.74, 6) is 0.378. The summed E-state index contributed by atoms with van der Waals surface area (Å²) in [6.07, 6.45) is 3.85. The van der Waals surface area contributed by atoms with Crippen molar-refractivity contribution in [1.82, 2.24) is 0 Å². The molecule has 1 fully saturated rings. The van der Waals surface area contributed by atoms with Gasteiger partial charge in [0.25, 0.3) is 0 Å². The molecular weight excluding hydrogens is 348 g/mol. The van der Waals surface area contributed by atoms with Crippen LogP contribution in [0.25, 0.3) is 0 Å². The van der Waals surface area contributed by atoms with Gasteiger partial charge in [0.1, 0.15) is 5.60 Å². The van der Waals surface area contributed by atoms with E-state index in [-0.39, 0.29) is 11.2 Å². The van der Waals surface area contributed by atoms with Crippen LogP contribution in [0.5, 0.6) is 0 Å². The standard InChI is InChI=1S/C25H30O3/c1-4-24-16-23(3,27)25(28,20-8-6-5-7-9-20)15-21(24)12-10-19-14-18(17(2)26)11-13-22(19)24/h5-9,11,13-14,21,27-28H,4,10,12,15-16H2,1-3H3/t21-,23?,24-,25?/m1/s1. The zero-order valence-corrected chi connectivity index (χ0v) is 17.0. The Balaban J connectivity index is 1.81. The van der Waals surface area contributed by atoms with Gasteiger partial charge in [0, 0.05) is 11.0 Å². The van der Waals surface area contributed by atoms with Crippen molar-refractivity contribution in [2.45, 2.75) is 69.5 Å². The maximum Gasteiger partial charge on any atom is 0.159 e. The molecule has 0 spiro atoms. The van der Waals surface area contributed by atoms with Crippen molar-refractivity contribution in [3.05, 3.63) is 70.8 Å². The Morgan fingerprint density at radius 3 is 2.50 bits per heavy atom. The molecule has 4 rings (SSSR count). The number of fused-ring (bicyclic) bond motifs is 3. The Morgan fingerprint density at radius 2 is 1.86 bits per heavy atom. The number of rotatable bonds is 3. The van der Waals surface area contributed by atoms with Crippen molar-refractivity contribution in [1.29, 1.82) is 0 Å². The molecule has 0 aliphatic heterocycles. The second-order valence-corrected chi connectivity index (χ2v) is 9.05. The van der Waals surface area contributed by atoms with E-state index in [0.717, 1.165) is 30.4 Å². The molecule has 0 amide bonds. The normalized spacial score (nSPS) is 34.4. The highest BCUT2D eigenvalue weighted by molar-refractivity contribution is 5.94. The first-order valence-corrected chi connectivity index (χ1v) is 10.4. The summed E-state index contributed by atoms with van der Waals surface area (Å²) in [5.41, 5.74) is 1.36. The fraction of sp³-hybridized carbons (Fsp3) is 0.480. The van der Waals surface area contributed by atoms with Crippen LogP contribution < -0.4 is 0 Å². The van der Waals surface area contributed by atoms with Gasteiger partial charge >= 0.3 is 0 Å². The van der Waals surface area contributed by atoms with Crippen LogP contribution in [0.3, 0.4) is 0 Å². The summed E-state index contributed by atoms with van der Waals surface area (Å²) in [5, 5.41) is 23.2. The third-order valence-electron chi connectivity index (χ3n) is 7.57. The number of hydrogen-bond acceptors (Lipinski definition) is 3. The molecule has 2 unspecified atom stereocenters. The van der Waals surface area contributed by atoms with Crippen LogP contribution in [-0.4, -0.2) is 21.6 Å². The van der Waals surface area contributed by atoms with Gasteiger partial charge in [-0.05, 0) is 74.6 Å². The lowest BCUT2D eigenvalue weighted by Gasteiger charge is -2.59. The smallest absolute Gasteiger partial charge is 0.159 e. The third kappa shape index (κ3) is 2.67. The Hall–Kier alpha value is -1.97. The number of ketones is 1. The van der Waals surface area contributed by atoms with E-state index in [1.807, 2.05) is 42.5 Å². The van der Waals surface area contributed by atoms with Gasteiger partial charge in [-0.2, -0.15) is 0 Å². The summed E-state index contributed by atoms with van der Waals surface area (Å²) in [6, 6.07) is 15.7. The second-order valence-electron chi connectivity index (χ2n) is 9.05. The van der Waals surface area contributed by atoms with E-state index in [2.05, 4.69) is 13.0 Å². The van der Waals surface area contributed by atoms with E-state index in [0.29, 0.717) is 18.8 Å². The summed E-state index contributed by atoms with van der Waals surface area (Å²) >= 11 is 0. The Bertz CT molecular complexity index is 901. The third-order valence-corrected chi connectivity index (χ3v) is 7.57. The molecule has 1 saturated carbocycles. The molecule has 0 saturated heterocycles. The van der Waals surface area contributed by atoms with Gasteiger partial charge in [0.05, 0.1) is 5.60 Å². The lowest BCUT2D eigenvalue weighted by atomic mass is 9.49. The highest BCUT2D eigenvalue weighted by Crippen LogP contribution is 2.59. The lowest BCUT2D eigenvalue weighted by Crippen LogP contribution is -2.62. The van der Waals surface area contributed by atoms with Gasteiger partial charge in [0.2, 0.25) is 0 Å². The van der Waals surface area contributed by atoms with Gasteiger partial charge in [-0.15, -0.1) is 0 Å². The fourth-order valence-electron chi connectivity index (χ4n) is 5.95. The number of carbonyl (C=O) groups excluding carboxylic acids is 1. The van der Waals surface area contributed by atoms with E-state index in [9.17, 15) is 15.0 Å². The minimum absolute atomic E-state index is 0.0876. The van der Waals surface area contributed by atoms with Gasteiger partial charge in [0.15, 0.2) is 5.78 Å². The van der Waals surface area contributed by atoms with Crippen molar-refractivity contribution in [2.24, 2.45) is 5.92 Å². The Morgan fingerprint density at radius 1 is 1.14 bits per heavy atom. The molecule has 148 valence electrons. The van der Waals surface area contributed by atoms with Crippen LogP contribution in [0.2, 0.25) is 0 Å². The van der Waals surface area contributed by atoms with Crippen molar-refractivity contribution in [3.8, 4) is 0 Å². The van der Waals surface area contributed by atoms with E-state index in [1.54, 1.807) is 13.8 Å². The largest absolute Gasteiger partial charge is 0.387 e. The molecule has 0 bridgehead atoms. The Kier molecular flexibility index (Phi) is 4.52. The molecule has 0 radical (unpaired) electrons. The minimum atomic E-state index is -1.26. The first-order valence-electron chi connectivity index (χ1n) is 10.4. The van der Waals surface area contributed by atoms with Crippen LogP contribution in [-0.2, 0) is 17.4 Å². The first-order chi connectivity index (χ1) is 13.2. The lowest BCUT2D eigenvalue weighted by molar-refractivity contribution is -0.205. The van der Waals surface area contributed by atoms with Crippen LogP contribution in [0, 0.1) is 5.92 Å². The molecule has 3 heteroatoms. The number of benzene rings is 2. The van der Waals surface area contributed by atoms with E-state index >= 15 is 0 Å². The van der Waals surface area contributed by atoms with Crippen LogP contribution >= 0.6 is 0 Å². The molecule has 4 atom stereocenters. The molecule has 2 aromatic carbocycles. The number of aryl methyl sites for hydroxylation is 1. The van der Waals surface area contributed by atoms with E-state index < -0.39 is 11.2 Å². The molecule has 2 aliphatic rings. The van der Waals surface area contributed by atoms with E-state index in [1.165, 1.54) is 11.1 Å². The van der Waals surface area contributed by atoms with Crippen molar-refractivity contribution >= 4 is 5.78 Å². The average Bonchev–Trinajstić information content (AvgIpc) is 2.69. The molecule has 3 nitrogen and oxygen atoms in total. The predicted octanol–water partition coefficient (Wildman–Crippen LogP) is 4.53. The summed E-state index contributed by atoms with van der Waals surface area (Å²) in [7, 11) is 0. The zero-order chi connectivity index (χ0) is 20.2. The topological polar surface area (TPSA) is 57.5 Å². The number of Topliss-reactive ketones (excluding diaryl/α,β-unsaturated/α-hetero) is 1. The molecule has 28 heavy (non-hydrogen) atoms. The van der Waals surface area contributed by atoms with Gasteiger partial charge in [-0.1, -0.05) is 49.4 Å². The van der Waals surface area contributed by atoms with Gasteiger partial charge in [-0.3, -0.25) is 4.79 Å². The van der Waals surface area contributed by atoms with Crippen LogP contribution in [0.15, 0.2) is 48.5 Å². The van der Waals surface area contributed by atoms with Crippen molar-refractivity contribution < 1.29 is 15.0 Å². The highest BCUT2D eigenvalue weighted by Gasteiger charge is 2.60. The first kappa shape index (κ1) is 19.4. The SMILES string of the molecule is CC[C@@]12CC(C)(O)C(O)(c3ccccc3)C[C@H]1CCc1cc(C(C)=O)ccc12. The number of hydrogen-bond donors (Lipinski definition) is 2. The second kappa shape index (κ2) is 6.53. The Labute approximate surface area is 167 Å². The monoisotopic (exact) mass is 378 g/mol. The van der Waals surface area contributed by atoms with Crippen LogP contribution in [0.4, 0.5) is 0 Å². The van der Waals surface area contributed by atoms with Gasteiger partial charge in [-0.25, -0.2) is 0 Å². The zero-order valence-electron chi connectivity index (χ0n) is 17.0. The predicted molar refractivity (Wildman–Crippen MR) is 110 cm³/mol. The molecule has 2 aliphatic carbocycles. The maximum atomic E-state index is 11.8. The summed E-state index contributed by atoms with van der Waals surface area (Å²) < 4.78 is 0. The quantitative estimate of drug-likeness (QED) is 0.772. The average molecular weight is 379 g/mol. The molecule has 0 heterocycles.